The maximum Gasteiger partial charge on any atom is 0.309 e. The standard InChI is InChI=1S/C43H37ClFN7O3/c1-2-42-21-18-26(19-22-42)35(33(42)41(53)54)49-39-34(45)37(31-20-23-47-55-31)50-38(51-39)30-25-52(40-36(30)48-32(44)24-46-40)43(27-12-6-3-7-13-27,28-14-8-4-9-15-28)29-16-10-5-11-17-29/h3-17,20,23-26,33,35H,2,18-19,21-22H2,1H3,(H,53,54)(H,49,50,51)/t26?,33-,35-,42?/m0/s1. The molecule has 4 heterocycles. The van der Waals surface area contributed by atoms with Gasteiger partial charge in [0.1, 0.15) is 16.2 Å². The predicted molar refractivity (Wildman–Crippen MR) is 207 cm³/mol. The second-order valence-electron chi connectivity index (χ2n) is 14.6. The van der Waals surface area contributed by atoms with E-state index >= 15 is 4.39 Å². The zero-order valence-electron chi connectivity index (χ0n) is 29.9. The van der Waals surface area contributed by atoms with Gasteiger partial charge in [-0.15, -0.1) is 0 Å². The average molecular weight is 754 g/mol. The molecule has 0 saturated heterocycles. The Morgan fingerprint density at radius 3 is 2.11 bits per heavy atom. The first kappa shape index (κ1) is 34.8. The van der Waals surface area contributed by atoms with Crippen molar-refractivity contribution in [1.29, 1.82) is 0 Å². The molecule has 10 nitrogen and oxygen atoms in total. The number of nitrogens with zero attached hydrogens (tertiary/aromatic N) is 6. The number of halogens is 2. The molecule has 3 aromatic carbocycles. The minimum absolute atomic E-state index is 0.0379. The largest absolute Gasteiger partial charge is 0.481 e. The highest BCUT2D eigenvalue weighted by molar-refractivity contribution is 6.29. The molecule has 3 fully saturated rings. The number of anilines is 1. The van der Waals surface area contributed by atoms with Gasteiger partial charge in [0.25, 0.3) is 0 Å². The lowest BCUT2D eigenvalue weighted by Gasteiger charge is -2.55. The van der Waals surface area contributed by atoms with Gasteiger partial charge in [-0.2, -0.15) is 0 Å². The van der Waals surface area contributed by atoms with Crippen molar-refractivity contribution in [3.63, 3.8) is 0 Å². The second kappa shape index (κ2) is 13.7. The average Bonchev–Trinajstić information content (AvgIpc) is 3.90. The quantitative estimate of drug-likeness (QED) is 0.131. The zero-order chi connectivity index (χ0) is 37.7. The van der Waals surface area contributed by atoms with Gasteiger partial charge in [0.15, 0.2) is 34.6 Å². The van der Waals surface area contributed by atoms with E-state index < -0.39 is 29.3 Å². The number of benzene rings is 3. The van der Waals surface area contributed by atoms with Crippen LogP contribution in [0.5, 0.6) is 0 Å². The van der Waals surface area contributed by atoms with Crippen LogP contribution < -0.4 is 5.32 Å². The summed E-state index contributed by atoms with van der Waals surface area (Å²) in [7, 11) is 0. The molecule has 3 aliphatic rings. The molecule has 0 unspecified atom stereocenters. The van der Waals surface area contributed by atoms with Gasteiger partial charge in [-0.1, -0.05) is 115 Å². The van der Waals surface area contributed by atoms with Gasteiger partial charge < -0.3 is 19.5 Å². The Hall–Kier alpha value is -5.94. The van der Waals surface area contributed by atoms with Crippen molar-refractivity contribution >= 4 is 34.6 Å². The number of aliphatic carboxylic acids is 1. The van der Waals surface area contributed by atoms with Crippen molar-refractivity contribution in [2.75, 3.05) is 5.32 Å². The van der Waals surface area contributed by atoms with Crippen LogP contribution >= 0.6 is 11.6 Å². The molecule has 4 aromatic heterocycles. The Bertz CT molecular complexity index is 2390. The Kier molecular flexibility index (Phi) is 8.69. The summed E-state index contributed by atoms with van der Waals surface area (Å²) in [6.07, 6.45) is 8.90. The fourth-order valence-electron chi connectivity index (χ4n) is 9.39. The predicted octanol–water partition coefficient (Wildman–Crippen LogP) is 9.26. The molecular formula is C43H37ClFN7O3. The molecule has 3 saturated carbocycles. The summed E-state index contributed by atoms with van der Waals surface area (Å²) in [4.78, 5) is 32.2. The maximum absolute atomic E-state index is 16.8. The SMILES string of the molecule is CCC12CCC(CC1)[C@H](Nc1nc(-c3cn(C(c4ccccc4)(c4ccccc4)c4ccccc4)c4ncc(Cl)nc34)nc(-c3ccno3)c1F)[C@H]2C(=O)O. The van der Waals surface area contributed by atoms with Gasteiger partial charge in [-0.05, 0) is 60.1 Å². The molecule has 12 heteroatoms. The molecule has 10 rings (SSSR count). The van der Waals surface area contributed by atoms with E-state index in [-0.39, 0.29) is 39.6 Å². The first-order chi connectivity index (χ1) is 26.8. The van der Waals surface area contributed by atoms with Crippen LogP contribution in [0.15, 0.2) is 120 Å². The molecule has 2 N–H and O–H groups in total. The monoisotopic (exact) mass is 753 g/mol. The lowest BCUT2D eigenvalue weighted by molar-refractivity contribution is -0.155. The number of fused-ring (bicyclic) bond motifs is 4. The van der Waals surface area contributed by atoms with Crippen LogP contribution in [-0.2, 0) is 10.3 Å². The van der Waals surface area contributed by atoms with Crippen molar-refractivity contribution in [1.82, 2.24) is 29.7 Å². The highest BCUT2D eigenvalue weighted by Gasteiger charge is 2.56. The fraction of sp³-hybridized carbons (Fsp3) is 0.256. The smallest absolute Gasteiger partial charge is 0.309 e. The van der Waals surface area contributed by atoms with Gasteiger partial charge in [-0.3, -0.25) is 4.79 Å². The number of carboxylic acid groups (broad SMARTS) is 1. The lowest BCUT2D eigenvalue weighted by Crippen LogP contribution is -2.57. The summed E-state index contributed by atoms with van der Waals surface area (Å²) in [5.74, 6) is -2.24. The summed E-state index contributed by atoms with van der Waals surface area (Å²) in [6, 6.07) is 31.4. The summed E-state index contributed by atoms with van der Waals surface area (Å²) in [5.41, 5.74) is 2.68. The number of carbonyl (C=O) groups is 1. The second-order valence-corrected chi connectivity index (χ2v) is 14.9. The van der Waals surface area contributed by atoms with Crippen molar-refractivity contribution < 1.29 is 18.8 Å². The van der Waals surface area contributed by atoms with E-state index in [1.165, 1.54) is 18.5 Å². The molecule has 2 bridgehead atoms. The first-order valence-corrected chi connectivity index (χ1v) is 18.9. The van der Waals surface area contributed by atoms with Crippen molar-refractivity contribution in [3.05, 3.63) is 143 Å². The normalized spacial score (nSPS) is 20.8. The highest BCUT2D eigenvalue weighted by atomic mass is 35.5. The Balaban J connectivity index is 1.31. The van der Waals surface area contributed by atoms with Crippen molar-refractivity contribution in [2.45, 2.75) is 50.6 Å². The highest BCUT2D eigenvalue weighted by Crippen LogP contribution is 2.56. The fourth-order valence-corrected chi connectivity index (χ4v) is 9.53. The van der Waals surface area contributed by atoms with Crippen LogP contribution in [0.25, 0.3) is 34.0 Å². The van der Waals surface area contributed by atoms with Crippen LogP contribution in [0.1, 0.15) is 55.7 Å². The summed E-state index contributed by atoms with van der Waals surface area (Å²) in [5, 5.41) is 17.9. The van der Waals surface area contributed by atoms with E-state index in [0.29, 0.717) is 16.7 Å². The van der Waals surface area contributed by atoms with Crippen LogP contribution in [-0.4, -0.2) is 46.8 Å². The molecular weight excluding hydrogens is 717 g/mol. The van der Waals surface area contributed by atoms with Crippen molar-refractivity contribution in [2.24, 2.45) is 17.3 Å². The zero-order valence-corrected chi connectivity index (χ0v) is 30.7. The van der Waals surface area contributed by atoms with E-state index in [2.05, 4.69) is 51.4 Å². The maximum atomic E-state index is 16.8. The molecule has 0 amide bonds. The van der Waals surface area contributed by atoms with E-state index in [1.54, 1.807) is 0 Å². The molecule has 276 valence electrons. The van der Waals surface area contributed by atoms with Gasteiger partial charge in [0, 0.05) is 18.3 Å². The third kappa shape index (κ3) is 5.59. The van der Waals surface area contributed by atoms with Crippen LogP contribution in [0, 0.1) is 23.1 Å². The molecule has 55 heavy (non-hydrogen) atoms. The Labute approximate surface area is 321 Å². The molecule has 7 aromatic rings. The summed E-state index contributed by atoms with van der Waals surface area (Å²) in [6.45, 7) is 2.05. The van der Waals surface area contributed by atoms with E-state index in [9.17, 15) is 9.90 Å². The molecule has 0 aliphatic heterocycles. The van der Waals surface area contributed by atoms with Crippen molar-refractivity contribution in [3.8, 4) is 22.8 Å². The van der Waals surface area contributed by atoms with Gasteiger partial charge in [0.2, 0.25) is 0 Å². The molecule has 3 aliphatic carbocycles. The first-order valence-electron chi connectivity index (χ1n) is 18.5. The number of aromatic nitrogens is 6. The number of rotatable bonds is 10. The Morgan fingerprint density at radius 2 is 1.56 bits per heavy atom. The number of carboxylic acids is 1. The minimum Gasteiger partial charge on any atom is -0.481 e. The Morgan fingerprint density at radius 1 is 0.945 bits per heavy atom. The van der Waals surface area contributed by atoms with Crippen LogP contribution in [0.2, 0.25) is 5.15 Å². The molecule has 0 spiro atoms. The van der Waals surface area contributed by atoms with Gasteiger partial charge >= 0.3 is 5.97 Å². The number of hydrogen-bond acceptors (Lipinski definition) is 8. The number of nitrogens with one attached hydrogen (secondary N) is 1. The summed E-state index contributed by atoms with van der Waals surface area (Å²) < 4.78 is 24.3. The third-order valence-corrected chi connectivity index (χ3v) is 12.2. The van der Waals surface area contributed by atoms with Crippen LogP contribution in [0.4, 0.5) is 10.2 Å². The van der Waals surface area contributed by atoms with E-state index in [0.717, 1.165) is 48.8 Å². The lowest BCUT2D eigenvalue weighted by atomic mass is 9.52. The van der Waals surface area contributed by atoms with E-state index in [1.807, 2.05) is 67.7 Å². The van der Waals surface area contributed by atoms with Crippen LogP contribution in [0.3, 0.4) is 0 Å². The van der Waals surface area contributed by atoms with E-state index in [4.69, 9.17) is 36.1 Å². The topological polar surface area (TPSA) is 132 Å². The summed E-state index contributed by atoms with van der Waals surface area (Å²) >= 11 is 6.58. The third-order valence-electron chi connectivity index (χ3n) is 12.0. The molecule has 2 atom stereocenters. The minimum atomic E-state index is -0.984. The van der Waals surface area contributed by atoms with Gasteiger partial charge in [-0.25, -0.2) is 24.3 Å². The van der Waals surface area contributed by atoms with Gasteiger partial charge in [0.05, 0.1) is 23.9 Å². The molecule has 0 radical (unpaired) electrons. The number of hydrogen-bond donors (Lipinski definition) is 2.